The van der Waals surface area contributed by atoms with E-state index in [1.54, 1.807) is 38.1 Å². The fourth-order valence-electron chi connectivity index (χ4n) is 6.28. The molecule has 0 aliphatic carbocycles. The van der Waals surface area contributed by atoms with Crippen molar-refractivity contribution >= 4 is 39.0 Å². The first-order valence-electron chi connectivity index (χ1n) is 15.3. The van der Waals surface area contributed by atoms with Crippen LogP contribution in [0, 0.1) is 6.92 Å². The van der Waals surface area contributed by atoms with E-state index < -0.39 is 32.8 Å². The minimum absolute atomic E-state index is 0.0122. The zero-order valence-electron chi connectivity index (χ0n) is 27.3. The van der Waals surface area contributed by atoms with Gasteiger partial charge in [0.15, 0.2) is 27.1 Å². The molecule has 3 aromatic rings. The van der Waals surface area contributed by atoms with Gasteiger partial charge in [0.2, 0.25) is 0 Å². The van der Waals surface area contributed by atoms with Crippen molar-refractivity contribution in [3.8, 4) is 11.5 Å². The standard InChI is InChI=1S/C34H40N4O8S/c1-19(2)47(42,43)29-11-9-22(38-33(41)46-6)17-26(29)34(12-7-13-36-34)31(39)30(21-8-10-27(44-4)28(15-21)45-5)37-23-14-20(3)25-18-35-32(40)24(25)16-23/h8-11,14-17,19,30,36-37H,7,12-13,18H2,1-6H3,(H,35,40)(H,38,41)/t30?,34-/m1/s1. The van der Waals surface area contributed by atoms with E-state index in [2.05, 4.69) is 21.3 Å². The van der Waals surface area contributed by atoms with Crippen LogP contribution in [0.3, 0.4) is 0 Å². The summed E-state index contributed by atoms with van der Waals surface area (Å²) in [5.74, 6) is 0.302. The summed E-state index contributed by atoms with van der Waals surface area (Å²) in [6.07, 6.45) is 0.125. The number of nitrogens with one attached hydrogen (secondary N) is 4. The topological polar surface area (TPSA) is 161 Å². The van der Waals surface area contributed by atoms with Crippen LogP contribution in [-0.4, -0.2) is 59.3 Å². The van der Waals surface area contributed by atoms with E-state index in [0.29, 0.717) is 47.8 Å². The lowest BCUT2D eigenvalue weighted by atomic mass is 9.79. The molecule has 5 rings (SSSR count). The van der Waals surface area contributed by atoms with Gasteiger partial charge in [-0.3, -0.25) is 14.9 Å². The van der Waals surface area contributed by atoms with Crippen molar-refractivity contribution < 1.29 is 37.0 Å². The van der Waals surface area contributed by atoms with Gasteiger partial charge in [-0.15, -0.1) is 0 Å². The number of sulfone groups is 1. The number of ether oxygens (including phenoxy) is 3. The van der Waals surface area contributed by atoms with Crippen LogP contribution in [0.15, 0.2) is 53.4 Å². The molecule has 2 aliphatic heterocycles. The summed E-state index contributed by atoms with van der Waals surface area (Å²) in [5.41, 5.74) is 2.36. The van der Waals surface area contributed by atoms with Crippen molar-refractivity contribution in [1.82, 2.24) is 10.6 Å². The Labute approximate surface area is 274 Å². The lowest BCUT2D eigenvalue weighted by Crippen LogP contribution is -2.49. The number of fused-ring (bicyclic) bond motifs is 1. The number of hydrogen-bond donors (Lipinski definition) is 4. The molecule has 2 atom stereocenters. The Kier molecular flexibility index (Phi) is 9.51. The molecule has 250 valence electrons. The van der Waals surface area contributed by atoms with Crippen LogP contribution in [0.4, 0.5) is 16.2 Å². The molecule has 47 heavy (non-hydrogen) atoms. The average molecular weight is 665 g/mol. The number of ketones is 1. The summed E-state index contributed by atoms with van der Waals surface area (Å²) >= 11 is 0. The van der Waals surface area contributed by atoms with E-state index in [1.807, 2.05) is 13.0 Å². The van der Waals surface area contributed by atoms with Crippen LogP contribution in [0.25, 0.3) is 0 Å². The number of methoxy groups -OCH3 is 3. The molecule has 4 N–H and O–H groups in total. The van der Waals surface area contributed by atoms with Crippen molar-refractivity contribution in [2.75, 3.05) is 38.5 Å². The second kappa shape index (κ2) is 13.2. The van der Waals surface area contributed by atoms with Crippen LogP contribution < -0.4 is 30.7 Å². The number of benzene rings is 3. The van der Waals surface area contributed by atoms with E-state index in [9.17, 15) is 18.0 Å². The monoisotopic (exact) mass is 664 g/mol. The summed E-state index contributed by atoms with van der Waals surface area (Å²) in [4.78, 5) is 40.0. The summed E-state index contributed by atoms with van der Waals surface area (Å²) in [5, 5.41) is 11.4. The molecule has 12 nitrogen and oxygen atoms in total. The van der Waals surface area contributed by atoms with Crippen molar-refractivity contribution in [2.45, 2.75) is 61.9 Å². The van der Waals surface area contributed by atoms with E-state index in [0.717, 1.165) is 11.1 Å². The van der Waals surface area contributed by atoms with Crippen molar-refractivity contribution in [2.24, 2.45) is 0 Å². The van der Waals surface area contributed by atoms with Gasteiger partial charge in [-0.25, -0.2) is 13.2 Å². The number of anilines is 2. The van der Waals surface area contributed by atoms with E-state index in [1.165, 1.54) is 39.5 Å². The second-order valence-corrected chi connectivity index (χ2v) is 14.4. The molecule has 1 fully saturated rings. The molecular weight excluding hydrogens is 624 g/mol. The zero-order chi connectivity index (χ0) is 34.1. The van der Waals surface area contributed by atoms with Crippen molar-refractivity contribution in [1.29, 1.82) is 0 Å². The molecular formula is C34H40N4O8S. The Morgan fingerprint density at radius 3 is 2.34 bits per heavy atom. The molecule has 3 aromatic carbocycles. The normalized spacial score (nSPS) is 17.9. The fourth-order valence-corrected chi connectivity index (χ4v) is 7.58. The van der Waals surface area contributed by atoms with Crippen LogP contribution in [0.1, 0.15) is 65.3 Å². The molecule has 0 spiro atoms. The quantitative estimate of drug-likeness (QED) is 0.228. The minimum atomic E-state index is -3.89. The molecule has 2 heterocycles. The number of amides is 2. The first kappa shape index (κ1) is 33.7. The number of carbonyl (C=O) groups excluding carboxylic acids is 3. The predicted octanol–water partition coefficient (Wildman–Crippen LogP) is 4.62. The van der Waals surface area contributed by atoms with Crippen molar-refractivity contribution in [3.05, 3.63) is 76.3 Å². The molecule has 1 saturated heterocycles. The maximum Gasteiger partial charge on any atom is 0.411 e. The molecule has 0 radical (unpaired) electrons. The fraction of sp³-hybridized carbons (Fsp3) is 0.382. The summed E-state index contributed by atoms with van der Waals surface area (Å²) < 4.78 is 43.4. The Bertz CT molecular complexity index is 1830. The molecule has 0 bridgehead atoms. The van der Waals surface area contributed by atoms with Crippen molar-refractivity contribution in [3.63, 3.8) is 0 Å². The SMILES string of the molecule is COC(=O)Nc1ccc(S(=O)(=O)C(C)C)c([C@@]2(C(=O)C(Nc3cc(C)c4c(c3)C(=O)NC4)c3ccc(OC)c(OC)c3)CCCN2)c1. The van der Waals surface area contributed by atoms with Crippen LogP contribution in [-0.2, 0) is 31.5 Å². The molecule has 2 aliphatic rings. The number of Topliss-reactive ketones (excluding diaryl/α,β-unsaturated/α-hetero) is 1. The van der Waals surface area contributed by atoms with Gasteiger partial charge in [0, 0.05) is 29.0 Å². The maximum atomic E-state index is 15.3. The Hall–Kier alpha value is -4.62. The first-order valence-corrected chi connectivity index (χ1v) is 16.8. The highest BCUT2D eigenvalue weighted by Crippen LogP contribution is 2.43. The maximum absolute atomic E-state index is 15.3. The van der Waals surface area contributed by atoms with Gasteiger partial charge in [-0.2, -0.15) is 0 Å². The largest absolute Gasteiger partial charge is 0.493 e. The van der Waals surface area contributed by atoms with Gasteiger partial charge in [0.1, 0.15) is 11.6 Å². The number of aryl methyl sites for hydroxylation is 1. The molecule has 13 heteroatoms. The number of hydrogen-bond acceptors (Lipinski definition) is 10. The predicted molar refractivity (Wildman–Crippen MR) is 177 cm³/mol. The number of rotatable bonds is 11. The molecule has 0 aromatic heterocycles. The minimum Gasteiger partial charge on any atom is -0.493 e. The Morgan fingerprint density at radius 2 is 1.70 bits per heavy atom. The zero-order valence-corrected chi connectivity index (χ0v) is 28.1. The lowest BCUT2D eigenvalue weighted by Gasteiger charge is -2.35. The first-order chi connectivity index (χ1) is 22.4. The smallest absolute Gasteiger partial charge is 0.411 e. The molecule has 0 saturated carbocycles. The van der Waals surface area contributed by atoms with Gasteiger partial charge >= 0.3 is 6.09 Å². The van der Waals surface area contributed by atoms with Gasteiger partial charge in [-0.05, 0) is 99.3 Å². The third-order valence-electron chi connectivity index (χ3n) is 8.83. The van der Waals surface area contributed by atoms with E-state index in [4.69, 9.17) is 14.2 Å². The number of carbonyl (C=O) groups is 3. The molecule has 2 amide bonds. The van der Waals surface area contributed by atoms with Gasteiger partial charge < -0.3 is 30.2 Å². The van der Waals surface area contributed by atoms with Gasteiger partial charge in [-0.1, -0.05) is 6.07 Å². The average Bonchev–Trinajstić information content (AvgIpc) is 3.71. The van der Waals surface area contributed by atoms with Crippen LogP contribution in [0.2, 0.25) is 0 Å². The second-order valence-electron chi connectivity index (χ2n) is 11.9. The highest BCUT2D eigenvalue weighted by molar-refractivity contribution is 7.92. The van der Waals surface area contributed by atoms with Gasteiger partial charge in [0.25, 0.3) is 5.91 Å². The highest BCUT2D eigenvalue weighted by atomic mass is 32.2. The summed E-state index contributed by atoms with van der Waals surface area (Å²) in [6.45, 7) is 5.93. The Balaban J connectivity index is 1.72. The summed E-state index contributed by atoms with van der Waals surface area (Å²) in [6, 6.07) is 12.1. The Morgan fingerprint density at radius 1 is 0.957 bits per heavy atom. The van der Waals surface area contributed by atoms with Gasteiger partial charge in [0.05, 0.1) is 31.5 Å². The van der Waals surface area contributed by atoms with Crippen LogP contribution in [0.5, 0.6) is 11.5 Å². The summed E-state index contributed by atoms with van der Waals surface area (Å²) in [7, 11) is 0.342. The third-order valence-corrected chi connectivity index (χ3v) is 11.0. The highest BCUT2D eigenvalue weighted by Gasteiger charge is 2.49. The lowest BCUT2D eigenvalue weighted by molar-refractivity contribution is -0.126. The third kappa shape index (κ3) is 6.24. The van der Waals surface area contributed by atoms with E-state index >= 15 is 4.79 Å². The molecule has 1 unspecified atom stereocenters. The van der Waals surface area contributed by atoms with E-state index in [-0.39, 0.29) is 34.3 Å². The van der Waals surface area contributed by atoms with Crippen LogP contribution >= 0.6 is 0 Å².